The molecular weight excluding hydrogens is 446 g/mol. The largest absolute Gasteiger partial charge is 0.493 e. The van der Waals surface area contributed by atoms with Crippen LogP contribution < -0.4 is 19.5 Å². The van der Waals surface area contributed by atoms with E-state index in [-0.39, 0.29) is 18.3 Å². The molecule has 0 aliphatic rings. The van der Waals surface area contributed by atoms with Crippen LogP contribution in [-0.4, -0.2) is 39.7 Å². The molecule has 170 valence electrons. The summed E-state index contributed by atoms with van der Waals surface area (Å²) >= 11 is 6.03. The number of rotatable bonds is 9. The van der Waals surface area contributed by atoms with Gasteiger partial charge in [-0.2, -0.15) is 10.2 Å². The predicted octanol–water partition coefficient (Wildman–Crippen LogP) is 4.09. The Labute approximate surface area is 195 Å². The number of hydrogen-bond acceptors (Lipinski definition) is 6. The van der Waals surface area contributed by atoms with Gasteiger partial charge in [-0.3, -0.25) is 9.48 Å². The summed E-state index contributed by atoms with van der Waals surface area (Å²) in [6.07, 6.45) is 3.43. The smallest absolute Gasteiger partial charge is 0.277 e. The second kappa shape index (κ2) is 10.1. The molecule has 0 saturated heterocycles. The highest BCUT2D eigenvalue weighted by Gasteiger charge is 2.14. The van der Waals surface area contributed by atoms with Crippen molar-refractivity contribution in [3.63, 3.8) is 0 Å². The van der Waals surface area contributed by atoms with Gasteiger partial charge in [0.1, 0.15) is 0 Å². The fourth-order valence-electron chi connectivity index (χ4n) is 3.16. The summed E-state index contributed by atoms with van der Waals surface area (Å²) in [5.41, 5.74) is 1.24. The number of nitrogens with zero attached hydrogens (tertiary/aromatic N) is 4. The third-order valence-corrected chi connectivity index (χ3v) is 4.95. The molecule has 2 aromatic heterocycles. The Morgan fingerprint density at radius 3 is 2.42 bits per heavy atom. The molecule has 0 atom stereocenters. The number of anilines is 1. The summed E-state index contributed by atoms with van der Waals surface area (Å²) in [5.74, 6) is 1.57. The molecule has 0 spiro atoms. The number of ether oxygens (including phenoxy) is 3. The summed E-state index contributed by atoms with van der Waals surface area (Å²) in [5, 5.41) is 12.1. The van der Waals surface area contributed by atoms with Crippen LogP contribution in [0.1, 0.15) is 16.1 Å². The van der Waals surface area contributed by atoms with Gasteiger partial charge in [0.2, 0.25) is 5.75 Å². The first-order chi connectivity index (χ1) is 16.1. The lowest BCUT2D eigenvalue weighted by atomic mass is 10.2. The molecular formula is C23H22ClN5O4. The SMILES string of the molecule is COc1cccc(OC)c1OCn1ccc(C(=O)Nc2ccn(Cc3cccc(Cl)c3)n2)n1. The number of nitrogens with one attached hydrogen (secondary N) is 1. The second-order valence-electron chi connectivity index (χ2n) is 6.99. The zero-order valence-corrected chi connectivity index (χ0v) is 18.8. The number of carbonyl (C=O) groups is 1. The van der Waals surface area contributed by atoms with E-state index in [2.05, 4.69) is 15.5 Å². The fraction of sp³-hybridized carbons (Fsp3) is 0.174. The number of benzene rings is 2. The maximum Gasteiger partial charge on any atom is 0.277 e. The van der Waals surface area contributed by atoms with E-state index in [0.717, 1.165) is 5.56 Å². The Balaban J connectivity index is 1.36. The monoisotopic (exact) mass is 467 g/mol. The highest BCUT2D eigenvalue weighted by atomic mass is 35.5. The number of amides is 1. The van der Waals surface area contributed by atoms with Crippen LogP contribution in [0.4, 0.5) is 5.82 Å². The highest BCUT2D eigenvalue weighted by molar-refractivity contribution is 6.30. The van der Waals surface area contributed by atoms with E-state index in [1.54, 1.807) is 61.6 Å². The van der Waals surface area contributed by atoms with Gasteiger partial charge in [-0.1, -0.05) is 29.8 Å². The molecule has 0 unspecified atom stereocenters. The third-order valence-electron chi connectivity index (χ3n) is 4.71. The van der Waals surface area contributed by atoms with Gasteiger partial charge >= 0.3 is 0 Å². The molecule has 0 aliphatic carbocycles. The van der Waals surface area contributed by atoms with Gasteiger partial charge in [-0.05, 0) is 35.9 Å². The maximum atomic E-state index is 12.6. The van der Waals surface area contributed by atoms with Crippen molar-refractivity contribution in [2.45, 2.75) is 13.3 Å². The van der Waals surface area contributed by atoms with Gasteiger partial charge in [-0.25, -0.2) is 4.68 Å². The van der Waals surface area contributed by atoms with Crippen molar-refractivity contribution in [2.24, 2.45) is 0 Å². The van der Waals surface area contributed by atoms with E-state index in [1.807, 2.05) is 24.3 Å². The van der Waals surface area contributed by atoms with Gasteiger partial charge in [0, 0.05) is 23.5 Å². The van der Waals surface area contributed by atoms with Crippen molar-refractivity contribution in [1.82, 2.24) is 19.6 Å². The third kappa shape index (κ3) is 5.45. The van der Waals surface area contributed by atoms with Crippen molar-refractivity contribution < 1.29 is 19.0 Å². The molecule has 33 heavy (non-hydrogen) atoms. The maximum absolute atomic E-state index is 12.6. The van der Waals surface area contributed by atoms with E-state index in [4.69, 9.17) is 25.8 Å². The first kappa shape index (κ1) is 22.2. The normalized spacial score (nSPS) is 10.6. The van der Waals surface area contributed by atoms with E-state index in [1.165, 1.54) is 4.68 Å². The van der Waals surface area contributed by atoms with E-state index < -0.39 is 0 Å². The molecule has 0 aliphatic heterocycles. The van der Waals surface area contributed by atoms with E-state index in [0.29, 0.717) is 34.6 Å². The number of hydrogen-bond donors (Lipinski definition) is 1. The van der Waals surface area contributed by atoms with Crippen molar-refractivity contribution in [1.29, 1.82) is 0 Å². The lowest BCUT2D eigenvalue weighted by Gasteiger charge is -2.13. The molecule has 0 fully saturated rings. The molecule has 4 rings (SSSR count). The van der Waals surface area contributed by atoms with Gasteiger partial charge in [0.15, 0.2) is 29.7 Å². The summed E-state index contributed by atoms with van der Waals surface area (Å²) in [4.78, 5) is 12.6. The molecule has 0 bridgehead atoms. The van der Waals surface area contributed by atoms with Crippen LogP contribution >= 0.6 is 11.6 Å². The molecule has 1 amide bonds. The first-order valence-electron chi connectivity index (χ1n) is 10.0. The zero-order chi connectivity index (χ0) is 23.2. The lowest BCUT2D eigenvalue weighted by Crippen LogP contribution is -2.15. The van der Waals surface area contributed by atoms with Crippen LogP contribution in [0.5, 0.6) is 17.2 Å². The molecule has 9 nitrogen and oxygen atoms in total. The van der Waals surface area contributed by atoms with Crippen molar-refractivity contribution in [3.05, 3.63) is 83.3 Å². The van der Waals surface area contributed by atoms with Crippen molar-refractivity contribution in [2.75, 3.05) is 19.5 Å². The number of aromatic nitrogens is 4. The average Bonchev–Trinajstić information content (AvgIpc) is 3.47. The van der Waals surface area contributed by atoms with Gasteiger partial charge in [-0.15, -0.1) is 0 Å². The van der Waals surface area contributed by atoms with Crippen LogP contribution in [-0.2, 0) is 13.3 Å². The first-order valence-corrected chi connectivity index (χ1v) is 10.4. The summed E-state index contributed by atoms with van der Waals surface area (Å²) in [6, 6.07) is 16.2. The number of carbonyl (C=O) groups excluding carboxylic acids is 1. The topological polar surface area (TPSA) is 92.4 Å². The lowest BCUT2D eigenvalue weighted by molar-refractivity contribution is 0.101. The van der Waals surface area contributed by atoms with Crippen molar-refractivity contribution in [3.8, 4) is 17.2 Å². The number of methoxy groups -OCH3 is 2. The van der Waals surface area contributed by atoms with E-state index >= 15 is 0 Å². The molecule has 0 radical (unpaired) electrons. The molecule has 10 heteroatoms. The summed E-state index contributed by atoms with van der Waals surface area (Å²) < 4.78 is 19.7. The van der Waals surface area contributed by atoms with Crippen LogP contribution in [0.2, 0.25) is 5.02 Å². The van der Waals surface area contributed by atoms with Gasteiger partial charge in [0.05, 0.1) is 20.8 Å². The zero-order valence-electron chi connectivity index (χ0n) is 18.1. The van der Waals surface area contributed by atoms with Crippen LogP contribution in [0, 0.1) is 0 Å². The number of para-hydroxylation sites is 1. The Hall–Kier alpha value is -3.98. The number of halogens is 1. The molecule has 4 aromatic rings. The van der Waals surface area contributed by atoms with Crippen LogP contribution in [0.3, 0.4) is 0 Å². The summed E-state index contributed by atoms with van der Waals surface area (Å²) in [7, 11) is 3.10. The minimum atomic E-state index is -0.378. The van der Waals surface area contributed by atoms with Crippen LogP contribution in [0.25, 0.3) is 0 Å². The quantitative estimate of drug-likeness (QED) is 0.398. The Kier molecular flexibility index (Phi) is 6.80. The minimum absolute atomic E-state index is 0.0677. The highest BCUT2D eigenvalue weighted by Crippen LogP contribution is 2.36. The second-order valence-corrected chi connectivity index (χ2v) is 7.42. The predicted molar refractivity (Wildman–Crippen MR) is 123 cm³/mol. The molecule has 2 aromatic carbocycles. The fourth-order valence-corrected chi connectivity index (χ4v) is 3.38. The molecule has 1 N–H and O–H groups in total. The molecule has 2 heterocycles. The average molecular weight is 468 g/mol. The van der Waals surface area contributed by atoms with Gasteiger partial charge < -0.3 is 19.5 Å². The van der Waals surface area contributed by atoms with Crippen LogP contribution in [0.15, 0.2) is 67.0 Å². The summed E-state index contributed by atoms with van der Waals surface area (Å²) in [6.45, 7) is 0.604. The van der Waals surface area contributed by atoms with E-state index in [9.17, 15) is 4.79 Å². The Morgan fingerprint density at radius 1 is 0.970 bits per heavy atom. The standard InChI is InChI=1S/C23H22ClN5O4/c1-31-19-7-4-8-20(32-2)22(19)33-15-29-11-9-18(26-29)23(30)25-21-10-12-28(27-21)14-16-5-3-6-17(24)13-16/h3-13H,14-15H2,1-2H3,(H,25,27,30). The van der Waals surface area contributed by atoms with Gasteiger partial charge in [0.25, 0.3) is 5.91 Å². The minimum Gasteiger partial charge on any atom is -0.493 e. The molecule has 0 saturated carbocycles. The Morgan fingerprint density at radius 2 is 1.70 bits per heavy atom. The Bertz CT molecular complexity index is 1230. The van der Waals surface area contributed by atoms with Crippen molar-refractivity contribution >= 4 is 23.3 Å².